The van der Waals surface area contributed by atoms with Crippen LogP contribution in [0.4, 0.5) is 0 Å². The number of nitriles is 1. The van der Waals surface area contributed by atoms with Gasteiger partial charge in [0.1, 0.15) is 11.8 Å². The van der Waals surface area contributed by atoms with Gasteiger partial charge in [-0.3, -0.25) is 0 Å². The molecule has 0 bridgehead atoms. The average Bonchev–Trinajstić information content (AvgIpc) is 2.78. The quantitative estimate of drug-likeness (QED) is 0.316. The molecule has 0 saturated heterocycles. The van der Waals surface area contributed by atoms with Gasteiger partial charge in [0.25, 0.3) is 0 Å². The van der Waals surface area contributed by atoms with E-state index in [0.717, 1.165) is 30.4 Å². The highest BCUT2D eigenvalue weighted by Crippen LogP contribution is 2.38. The summed E-state index contributed by atoms with van der Waals surface area (Å²) in [4.78, 5) is 0. The zero-order chi connectivity index (χ0) is 23.6. The molecular formula is C25H32ClNO5. The van der Waals surface area contributed by atoms with Crippen LogP contribution in [0.25, 0.3) is 0 Å². The van der Waals surface area contributed by atoms with Crippen LogP contribution in [0.1, 0.15) is 49.8 Å². The Labute approximate surface area is 195 Å². The first kappa shape index (κ1) is 26.0. The van der Waals surface area contributed by atoms with Crippen LogP contribution >= 0.6 is 11.6 Å². The Morgan fingerprint density at radius 1 is 1.00 bits per heavy atom. The molecule has 0 aliphatic carbocycles. The summed E-state index contributed by atoms with van der Waals surface area (Å²) in [6, 6.07) is 12.9. The molecule has 0 spiro atoms. The van der Waals surface area contributed by atoms with E-state index in [4.69, 9.17) is 30.5 Å². The molecule has 0 amide bonds. The van der Waals surface area contributed by atoms with Gasteiger partial charge in [0.05, 0.1) is 23.8 Å². The maximum atomic E-state index is 9.67. The summed E-state index contributed by atoms with van der Waals surface area (Å²) in [6.45, 7) is 5.59. The first-order chi connectivity index (χ1) is 15.3. The lowest BCUT2D eigenvalue weighted by atomic mass is 9.77. The summed E-state index contributed by atoms with van der Waals surface area (Å²) < 4.78 is 21.5. The first-order valence-corrected chi connectivity index (χ1v) is 11.0. The normalized spacial score (nSPS) is 11.5. The molecule has 0 aromatic heterocycles. The number of hydrogen-bond acceptors (Lipinski definition) is 6. The molecule has 0 saturated carbocycles. The van der Waals surface area contributed by atoms with Gasteiger partial charge >= 0.3 is 0 Å². The highest BCUT2D eigenvalue weighted by atomic mass is 35.5. The molecule has 174 valence electrons. The maximum Gasteiger partial charge on any atom is 0.180 e. The molecule has 6 nitrogen and oxygen atoms in total. The van der Waals surface area contributed by atoms with E-state index < -0.39 is 5.41 Å². The number of halogens is 1. The van der Waals surface area contributed by atoms with Gasteiger partial charge in [-0.05, 0) is 54.7 Å². The van der Waals surface area contributed by atoms with Crippen molar-refractivity contribution in [1.82, 2.24) is 0 Å². The van der Waals surface area contributed by atoms with Crippen LogP contribution in [0.3, 0.4) is 0 Å². The minimum atomic E-state index is -0.397. The van der Waals surface area contributed by atoms with E-state index in [0.29, 0.717) is 36.2 Å². The van der Waals surface area contributed by atoms with E-state index in [1.165, 1.54) is 0 Å². The van der Waals surface area contributed by atoms with E-state index >= 15 is 0 Å². The minimum Gasteiger partial charge on any atom is -0.508 e. The Morgan fingerprint density at radius 3 is 2.28 bits per heavy atom. The number of nitrogens with zero attached hydrogens (tertiary/aromatic N) is 1. The van der Waals surface area contributed by atoms with E-state index in [1.807, 2.05) is 24.3 Å². The van der Waals surface area contributed by atoms with Gasteiger partial charge in [-0.2, -0.15) is 5.26 Å². The summed E-state index contributed by atoms with van der Waals surface area (Å²) >= 11 is 6.51. The minimum absolute atomic E-state index is 0.213. The fourth-order valence-corrected chi connectivity index (χ4v) is 3.57. The molecular weight excluding hydrogens is 430 g/mol. The van der Waals surface area contributed by atoms with Crippen LogP contribution in [-0.4, -0.2) is 45.4 Å². The molecule has 0 heterocycles. The van der Waals surface area contributed by atoms with Gasteiger partial charge in [0.2, 0.25) is 0 Å². The molecule has 32 heavy (non-hydrogen) atoms. The van der Waals surface area contributed by atoms with E-state index in [2.05, 4.69) is 19.9 Å². The number of rotatable bonds is 13. The summed E-state index contributed by atoms with van der Waals surface area (Å²) in [5.41, 5.74) is 1.92. The molecule has 2 rings (SSSR count). The number of unbranched alkanes of at least 4 members (excludes halogenated alkanes) is 2. The highest BCUT2D eigenvalue weighted by molar-refractivity contribution is 6.32. The molecule has 7 heteroatoms. The van der Waals surface area contributed by atoms with Crippen LogP contribution in [0.5, 0.6) is 11.5 Å². The Kier molecular flexibility index (Phi) is 10.3. The van der Waals surface area contributed by atoms with Crippen molar-refractivity contribution in [2.24, 2.45) is 0 Å². The monoisotopic (exact) mass is 461 g/mol. The molecule has 0 atom stereocenters. The first-order valence-electron chi connectivity index (χ1n) is 10.6. The topological polar surface area (TPSA) is 80.9 Å². The number of aromatic hydroxyl groups is 1. The van der Waals surface area contributed by atoms with Crippen molar-refractivity contribution in [1.29, 1.82) is 5.26 Å². The largest absolute Gasteiger partial charge is 0.508 e. The zero-order valence-electron chi connectivity index (χ0n) is 19.2. The Balaban J connectivity index is 1.92. The third kappa shape index (κ3) is 7.11. The molecule has 0 aliphatic heterocycles. The summed E-state index contributed by atoms with van der Waals surface area (Å²) in [6.07, 6.45) is 2.30. The van der Waals surface area contributed by atoms with Gasteiger partial charge in [0, 0.05) is 26.2 Å². The second kappa shape index (κ2) is 12.7. The van der Waals surface area contributed by atoms with E-state index in [-0.39, 0.29) is 12.0 Å². The lowest BCUT2D eigenvalue weighted by Crippen LogP contribution is -2.20. The third-order valence-corrected chi connectivity index (χ3v) is 5.71. The fraction of sp³-hybridized carbons (Fsp3) is 0.480. The lowest BCUT2D eigenvalue weighted by Gasteiger charge is -2.27. The van der Waals surface area contributed by atoms with Gasteiger partial charge < -0.3 is 24.1 Å². The summed E-state index contributed by atoms with van der Waals surface area (Å²) in [5.74, 6) is 0.628. The second-order valence-corrected chi connectivity index (χ2v) is 8.41. The SMILES string of the molecule is COC(COCCCCCOc1c(Cl)cc(C(C)(C)c2ccc(O)cc2)cc1C#N)OC. The number of phenols is 1. The van der Waals surface area contributed by atoms with Crippen molar-refractivity contribution in [3.8, 4) is 17.6 Å². The Hall–Kier alpha value is -2.30. The molecule has 0 fully saturated rings. The molecule has 2 aromatic carbocycles. The fourth-order valence-electron chi connectivity index (χ4n) is 3.30. The Bertz CT molecular complexity index is 888. The smallest absolute Gasteiger partial charge is 0.180 e. The van der Waals surface area contributed by atoms with E-state index in [9.17, 15) is 10.4 Å². The van der Waals surface area contributed by atoms with Crippen molar-refractivity contribution in [2.75, 3.05) is 34.0 Å². The highest BCUT2D eigenvalue weighted by Gasteiger charge is 2.26. The zero-order valence-corrected chi connectivity index (χ0v) is 19.9. The average molecular weight is 462 g/mol. The van der Waals surface area contributed by atoms with Crippen molar-refractivity contribution in [3.63, 3.8) is 0 Å². The predicted octanol–water partition coefficient (Wildman–Crippen LogP) is 5.43. The second-order valence-electron chi connectivity index (χ2n) is 8.00. The number of ether oxygens (including phenoxy) is 4. The van der Waals surface area contributed by atoms with Crippen molar-refractivity contribution in [3.05, 3.63) is 58.1 Å². The summed E-state index contributed by atoms with van der Waals surface area (Å²) in [7, 11) is 3.16. The van der Waals surface area contributed by atoms with Crippen molar-refractivity contribution in [2.45, 2.75) is 44.8 Å². The number of benzene rings is 2. The third-order valence-electron chi connectivity index (χ3n) is 5.43. The van der Waals surface area contributed by atoms with Gasteiger partial charge in [-0.25, -0.2) is 0 Å². The summed E-state index contributed by atoms with van der Waals surface area (Å²) in [5, 5.41) is 19.6. The maximum absolute atomic E-state index is 9.67. The molecule has 1 N–H and O–H groups in total. The van der Waals surface area contributed by atoms with Crippen LogP contribution in [0.2, 0.25) is 5.02 Å². The predicted molar refractivity (Wildman–Crippen MR) is 124 cm³/mol. The van der Waals surface area contributed by atoms with Crippen molar-refractivity contribution >= 4 is 11.6 Å². The van der Waals surface area contributed by atoms with Crippen LogP contribution in [-0.2, 0) is 19.6 Å². The molecule has 2 aromatic rings. The number of methoxy groups -OCH3 is 2. The van der Waals surface area contributed by atoms with Crippen LogP contribution in [0.15, 0.2) is 36.4 Å². The molecule has 0 aliphatic rings. The van der Waals surface area contributed by atoms with Crippen LogP contribution < -0.4 is 4.74 Å². The standard InChI is InChI=1S/C25H32ClNO5/c1-25(2,19-8-10-21(28)11-9-19)20-14-18(16-27)24(22(26)15-20)32-13-7-5-6-12-31-17-23(29-3)30-4/h8-11,14-15,23,28H,5-7,12-13,17H2,1-4H3. The van der Waals surface area contributed by atoms with Gasteiger partial charge in [-0.1, -0.05) is 37.6 Å². The number of hydrogen-bond donors (Lipinski definition) is 1. The molecule has 0 unspecified atom stereocenters. The van der Waals surface area contributed by atoms with Gasteiger partial charge in [0.15, 0.2) is 12.0 Å². The molecule has 0 radical (unpaired) electrons. The van der Waals surface area contributed by atoms with Crippen molar-refractivity contribution < 1.29 is 24.1 Å². The lowest BCUT2D eigenvalue weighted by molar-refractivity contribution is -0.140. The Morgan fingerprint density at radius 2 is 1.66 bits per heavy atom. The number of phenolic OH excluding ortho intramolecular Hbond substituents is 1. The van der Waals surface area contributed by atoms with Crippen LogP contribution in [0, 0.1) is 11.3 Å². The van der Waals surface area contributed by atoms with E-state index in [1.54, 1.807) is 26.4 Å². The van der Waals surface area contributed by atoms with Gasteiger partial charge in [-0.15, -0.1) is 0 Å².